The van der Waals surface area contributed by atoms with Gasteiger partial charge in [-0.2, -0.15) is 9.97 Å². The summed E-state index contributed by atoms with van der Waals surface area (Å²) in [5.41, 5.74) is 16.2. The molecule has 0 radical (unpaired) electrons. The van der Waals surface area contributed by atoms with Crippen molar-refractivity contribution in [1.29, 1.82) is 0 Å². The predicted octanol–water partition coefficient (Wildman–Crippen LogP) is 16.1. The van der Waals surface area contributed by atoms with Gasteiger partial charge in [-0.25, -0.2) is 4.98 Å². The second-order valence-electron chi connectivity index (χ2n) is 17.2. The lowest BCUT2D eigenvalue weighted by molar-refractivity contribution is 0.953. The lowest BCUT2D eigenvalue weighted by atomic mass is 9.98. The fourth-order valence-electron chi connectivity index (χ4n) is 10.0. The molecule has 0 unspecified atom stereocenters. The molecule has 318 valence electrons. The summed E-state index contributed by atoms with van der Waals surface area (Å²) in [5.74, 6) is 1.73. The first-order valence-corrected chi connectivity index (χ1v) is 23.0. The molecule has 0 fully saturated rings. The van der Waals surface area contributed by atoms with Crippen molar-refractivity contribution in [1.82, 2.24) is 24.1 Å². The smallest absolute Gasteiger partial charge is 0.238 e. The van der Waals surface area contributed by atoms with Crippen molar-refractivity contribution in [3.05, 3.63) is 249 Å². The molecule has 3 aromatic heterocycles. The molecule has 10 aromatic carbocycles. The SMILES string of the molecule is c1ccc(-c2cccc(-c3nc(-c4cccc(-c5ccccc5)c4)nc(-n4c5ccccc5c5ccc6c7ccccc7n(-c7ccccc7-c7cccc(-c8ccccc8)c7)c6c54)n3)c2)cc1. The number of fused-ring (bicyclic) bond motifs is 7. The predicted molar refractivity (Wildman–Crippen MR) is 281 cm³/mol. The van der Waals surface area contributed by atoms with Gasteiger partial charge in [-0.15, -0.1) is 0 Å². The van der Waals surface area contributed by atoms with Crippen molar-refractivity contribution < 1.29 is 0 Å². The quantitative estimate of drug-likeness (QED) is 0.153. The molecule has 0 aliphatic carbocycles. The van der Waals surface area contributed by atoms with Gasteiger partial charge < -0.3 is 4.57 Å². The molecule has 0 spiro atoms. The molecule has 0 aliphatic heterocycles. The Labute approximate surface area is 393 Å². The number of rotatable bonds is 8. The van der Waals surface area contributed by atoms with E-state index in [1.165, 1.54) is 16.5 Å². The highest BCUT2D eigenvalue weighted by molar-refractivity contribution is 6.24. The van der Waals surface area contributed by atoms with E-state index in [0.717, 1.165) is 88.4 Å². The summed E-state index contributed by atoms with van der Waals surface area (Å²) < 4.78 is 4.74. The Morgan fingerprint density at radius 1 is 0.250 bits per heavy atom. The molecule has 5 nitrogen and oxygen atoms in total. The largest absolute Gasteiger partial charge is 0.307 e. The lowest BCUT2D eigenvalue weighted by Crippen LogP contribution is -2.07. The molecular weight excluding hydrogens is 827 g/mol. The number of para-hydroxylation sites is 3. The van der Waals surface area contributed by atoms with E-state index >= 15 is 0 Å². The Bertz CT molecular complexity index is 3920. The molecular formula is C63H41N5. The Balaban J connectivity index is 1.11. The minimum absolute atomic E-state index is 0.541. The van der Waals surface area contributed by atoms with Crippen LogP contribution in [0.4, 0.5) is 0 Å². The first-order chi connectivity index (χ1) is 33.7. The third-order valence-corrected chi connectivity index (χ3v) is 13.2. The van der Waals surface area contributed by atoms with Crippen LogP contribution in [0, 0.1) is 0 Å². The maximum Gasteiger partial charge on any atom is 0.238 e. The monoisotopic (exact) mass is 867 g/mol. The molecule has 13 aromatic rings. The zero-order chi connectivity index (χ0) is 45.0. The minimum Gasteiger partial charge on any atom is -0.307 e. The third-order valence-electron chi connectivity index (χ3n) is 13.2. The summed E-state index contributed by atoms with van der Waals surface area (Å²) in [5, 5.41) is 4.54. The molecule has 0 saturated heterocycles. The van der Waals surface area contributed by atoms with E-state index in [1.807, 2.05) is 12.1 Å². The van der Waals surface area contributed by atoms with Gasteiger partial charge in [0.2, 0.25) is 5.95 Å². The van der Waals surface area contributed by atoms with Gasteiger partial charge >= 0.3 is 0 Å². The normalized spacial score (nSPS) is 11.5. The van der Waals surface area contributed by atoms with Crippen LogP contribution < -0.4 is 0 Å². The van der Waals surface area contributed by atoms with Gasteiger partial charge in [-0.05, 0) is 75.3 Å². The zero-order valence-corrected chi connectivity index (χ0v) is 36.9. The van der Waals surface area contributed by atoms with Gasteiger partial charge in [0.1, 0.15) is 0 Å². The standard InChI is InChI=1S/C63H41N5/c1-4-19-42(20-5-1)45-25-16-28-48(39-45)51-31-10-13-34-56(51)67-57-35-14-11-32-52(57)54-37-38-55-53-33-12-15-36-58(53)68(60(55)59(54)67)63-65-61(49-29-17-26-46(40-49)43-21-6-2-7-22-43)64-62(66-63)50-30-18-27-47(41-50)44-23-8-3-9-24-44/h1-41H. The van der Waals surface area contributed by atoms with Crippen LogP contribution in [0.5, 0.6) is 0 Å². The van der Waals surface area contributed by atoms with E-state index in [2.05, 4.69) is 246 Å². The Morgan fingerprint density at radius 2 is 0.632 bits per heavy atom. The highest BCUT2D eigenvalue weighted by atomic mass is 15.2. The fourth-order valence-corrected chi connectivity index (χ4v) is 10.0. The van der Waals surface area contributed by atoms with E-state index in [1.54, 1.807) is 0 Å². The molecule has 68 heavy (non-hydrogen) atoms. The van der Waals surface area contributed by atoms with Crippen molar-refractivity contribution in [2.75, 3.05) is 0 Å². The second-order valence-corrected chi connectivity index (χ2v) is 17.2. The molecule has 13 rings (SSSR count). The van der Waals surface area contributed by atoms with Gasteiger partial charge in [0.25, 0.3) is 0 Å². The second kappa shape index (κ2) is 16.4. The number of nitrogens with zero attached hydrogens (tertiary/aromatic N) is 5. The molecule has 0 saturated carbocycles. The molecule has 0 aliphatic rings. The maximum absolute atomic E-state index is 5.49. The Morgan fingerprint density at radius 3 is 1.16 bits per heavy atom. The maximum atomic E-state index is 5.49. The Hall–Kier alpha value is -9.19. The van der Waals surface area contributed by atoms with Crippen LogP contribution in [0.25, 0.3) is 123 Å². The first-order valence-electron chi connectivity index (χ1n) is 23.0. The van der Waals surface area contributed by atoms with Crippen LogP contribution in [-0.2, 0) is 0 Å². The highest BCUT2D eigenvalue weighted by Gasteiger charge is 2.25. The van der Waals surface area contributed by atoms with Crippen LogP contribution in [0.2, 0.25) is 0 Å². The van der Waals surface area contributed by atoms with Gasteiger partial charge in [0, 0.05) is 38.2 Å². The summed E-state index contributed by atoms with van der Waals surface area (Å²) in [6.45, 7) is 0. The zero-order valence-electron chi connectivity index (χ0n) is 36.9. The summed E-state index contributed by atoms with van der Waals surface area (Å²) in [6.07, 6.45) is 0. The molecule has 3 heterocycles. The van der Waals surface area contributed by atoms with E-state index in [4.69, 9.17) is 15.0 Å². The first kappa shape index (κ1) is 39.2. The summed E-state index contributed by atoms with van der Waals surface area (Å²) in [7, 11) is 0. The van der Waals surface area contributed by atoms with Gasteiger partial charge in [-0.1, -0.05) is 212 Å². The number of aromatic nitrogens is 5. The van der Waals surface area contributed by atoms with Crippen molar-refractivity contribution in [2.24, 2.45) is 0 Å². The van der Waals surface area contributed by atoms with Gasteiger partial charge in [-0.3, -0.25) is 4.57 Å². The van der Waals surface area contributed by atoms with E-state index < -0.39 is 0 Å². The van der Waals surface area contributed by atoms with E-state index in [0.29, 0.717) is 17.6 Å². The molecule has 0 N–H and O–H groups in total. The van der Waals surface area contributed by atoms with Crippen LogP contribution >= 0.6 is 0 Å². The minimum atomic E-state index is 0.541. The average molecular weight is 868 g/mol. The van der Waals surface area contributed by atoms with Crippen molar-refractivity contribution >= 4 is 43.6 Å². The fraction of sp³-hybridized carbons (Fsp3) is 0. The number of hydrogen-bond acceptors (Lipinski definition) is 3. The topological polar surface area (TPSA) is 48.5 Å². The van der Waals surface area contributed by atoms with Crippen LogP contribution in [-0.4, -0.2) is 24.1 Å². The number of hydrogen-bond donors (Lipinski definition) is 0. The molecule has 5 heteroatoms. The van der Waals surface area contributed by atoms with Gasteiger partial charge in [0.05, 0.1) is 27.8 Å². The van der Waals surface area contributed by atoms with Crippen LogP contribution in [0.15, 0.2) is 249 Å². The van der Waals surface area contributed by atoms with E-state index in [-0.39, 0.29) is 0 Å². The van der Waals surface area contributed by atoms with Crippen molar-refractivity contribution in [3.63, 3.8) is 0 Å². The third kappa shape index (κ3) is 6.68. The van der Waals surface area contributed by atoms with E-state index in [9.17, 15) is 0 Å². The molecule has 0 amide bonds. The van der Waals surface area contributed by atoms with Crippen molar-refractivity contribution in [2.45, 2.75) is 0 Å². The van der Waals surface area contributed by atoms with Crippen LogP contribution in [0.3, 0.4) is 0 Å². The average Bonchev–Trinajstić information content (AvgIpc) is 3.95. The molecule has 0 bridgehead atoms. The summed E-state index contributed by atoms with van der Waals surface area (Å²) in [4.78, 5) is 16.3. The summed E-state index contributed by atoms with van der Waals surface area (Å²) >= 11 is 0. The number of benzene rings is 10. The lowest BCUT2D eigenvalue weighted by Gasteiger charge is -2.16. The summed E-state index contributed by atoms with van der Waals surface area (Å²) in [6, 6.07) is 88.2. The molecule has 0 atom stereocenters. The van der Waals surface area contributed by atoms with Crippen molar-refractivity contribution in [3.8, 4) is 78.9 Å². The Kier molecular flexibility index (Phi) is 9.43. The van der Waals surface area contributed by atoms with Crippen LogP contribution in [0.1, 0.15) is 0 Å². The van der Waals surface area contributed by atoms with Gasteiger partial charge in [0.15, 0.2) is 11.6 Å². The highest BCUT2D eigenvalue weighted by Crippen LogP contribution is 2.43.